The number of anilines is 1. The standard InChI is InChI=1S/C21H24N2O5S2/c1-27-19(25)7-5-3-2-4-6-18(24)23-10-11-28-16-9-8-14(12-15(16)23)13-17-20(26)22-21(29)30-17/h8-9,12-13H,2-7,10-11H2,1H3,(H,22,26,29). The molecule has 1 aromatic carbocycles. The zero-order chi connectivity index (χ0) is 21.5. The van der Waals surface area contributed by atoms with Crippen LogP contribution in [0.5, 0.6) is 5.75 Å². The van der Waals surface area contributed by atoms with Crippen molar-refractivity contribution in [1.29, 1.82) is 0 Å². The minimum Gasteiger partial charge on any atom is -0.490 e. The first kappa shape index (κ1) is 22.3. The Kier molecular flexibility index (Phi) is 7.87. The van der Waals surface area contributed by atoms with Crippen LogP contribution in [0, 0.1) is 0 Å². The number of thiocarbonyl (C=S) groups is 1. The molecule has 9 heteroatoms. The molecule has 1 aromatic rings. The lowest BCUT2D eigenvalue weighted by Crippen LogP contribution is -2.37. The van der Waals surface area contributed by atoms with E-state index in [0.29, 0.717) is 41.0 Å². The third kappa shape index (κ3) is 5.82. The van der Waals surface area contributed by atoms with Gasteiger partial charge in [0.25, 0.3) is 5.91 Å². The van der Waals surface area contributed by atoms with E-state index in [1.807, 2.05) is 18.2 Å². The van der Waals surface area contributed by atoms with E-state index in [4.69, 9.17) is 17.0 Å². The Morgan fingerprint density at radius 3 is 2.73 bits per heavy atom. The molecule has 2 heterocycles. The summed E-state index contributed by atoms with van der Waals surface area (Å²) in [6.45, 7) is 0.943. The maximum absolute atomic E-state index is 12.8. The fraction of sp³-hybridized carbons (Fsp3) is 0.429. The van der Waals surface area contributed by atoms with Crippen LogP contribution >= 0.6 is 24.0 Å². The summed E-state index contributed by atoms with van der Waals surface area (Å²) in [5.74, 6) is 0.302. The molecule has 2 aliphatic rings. The molecule has 0 spiro atoms. The van der Waals surface area contributed by atoms with Gasteiger partial charge in [-0.3, -0.25) is 14.4 Å². The molecule has 0 unspecified atom stereocenters. The van der Waals surface area contributed by atoms with Gasteiger partial charge in [-0.2, -0.15) is 0 Å². The predicted octanol–water partition coefficient (Wildman–Crippen LogP) is 3.41. The van der Waals surface area contributed by atoms with Gasteiger partial charge < -0.3 is 19.7 Å². The molecule has 0 bridgehead atoms. The third-order valence-electron chi connectivity index (χ3n) is 4.84. The number of amides is 2. The number of thioether (sulfide) groups is 1. The molecule has 30 heavy (non-hydrogen) atoms. The van der Waals surface area contributed by atoms with Crippen LogP contribution < -0.4 is 15.0 Å². The highest BCUT2D eigenvalue weighted by Crippen LogP contribution is 2.35. The number of benzene rings is 1. The summed E-state index contributed by atoms with van der Waals surface area (Å²) in [5, 5.41) is 2.60. The zero-order valence-electron chi connectivity index (χ0n) is 16.8. The van der Waals surface area contributed by atoms with Gasteiger partial charge in [0.15, 0.2) is 0 Å². The molecular weight excluding hydrogens is 424 g/mol. The fourth-order valence-corrected chi connectivity index (χ4v) is 4.34. The SMILES string of the molecule is COC(=O)CCCCCCC(=O)N1CCOc2ccc(C=C3SC(=S)NC3=O)cc21. The second-order valence-electron chi connectivity index (χ2n) is 6.96. The van der Waals surface area contributed by atoms with E-state index in [9.17, 15) is 14.4 Å². The molecule has 1 N–H and O–H groups in total. The fourth-order valence-electron chi connectivity index (χ4n) is 3.29. The van der Waals surface area contributed by atoms with Gasteiger partial charge in [-0.05, 0) is 36.6 Å². The van der Waals surface area contributed by atoms with Gasteiger partial charge in [-0.15, -0.1) is 0 Å². The average Bonchev–Trinajstić information content (AvgIpc) is 3.06. The topological polar surface area (TPSA) is 84.9 Å². The summed E-state index contributed by atoms with van der Waals surface area (Å²) >= 11 is 6.24. The highest BCUT2D eigenvalue weighted by Gasteiger charge is 2.25. The molecule has 0 aliphatic carbocycles. The van der Waals surface area contributed by atoms with Crippen molar-refractivity contribution >= 4 is 57.8 Å². The first-order chi connectivity index (χ1) is 14.5. The summed E-state index contributed by atoms with van der Waals surface area (Å²) in [7, 11) is 1.39. The molecular formula is C21H24N2O5S2. The first-order valence-electron chi connectivity index (χ1n) is 9.87. The smallest absolute Gasteiger partial charge is 0.305 e. The Balaban J connectivity index is 1.59. The molecule has 0 atom stereocenters. The molecule has 2 amide bonds. The van der Waals surface area contributed by atoms with Crippen LogP contribution in [0.1, 0.15) is 44.1 Å². The number of rotatable bonds is 8. The lowest BCUT2D eigenvalue weighted by molar-refractivity contribution is -0.140. The van der Waals surface area contributed by atoms with E-state index in [2.05, 4.69) is 10.1 Å². The van der Waals surface area contributed by atoms with Crippen LogP contribution in [0.3, 0.4) is 0 Å². The van der Waals surface area contributed by atoms with Crippen molar-refractivity contribution in [1.82, 2.24) is 5.32 Å². The predicted molar refractivity (Wildman–Crippen MR) is 120 cm³/mol. The van der Waals surface area contributed by atoms with Crippen molar-refractivity contribution in [3.05, 3.63) is 28.7 Å². The number of nitrogens with one attached hydrogen (secondary N) is 1. The lowest BCUT2D eigenvalue weighted by Gasteiger charge is -2.30. The zero-order valence-corrected chi connectivity index (χ0v) is 18.4. The summed E-state index contributed by atoms with van der Waals surface area (Å²) < 4.78 is 10.8. The summed E-state index contributed by atoms with van der Waals surface area (Å²) in [6.07, 6.45) is 5.94. The molecule has 2 aliphatic heterocycles. The molecule has 7 nitrogen and oxygen atoms in total. The van der Waals surface area contributed by atoms with Crippen LogP contribution in [0.2, 0.25) is 0 Å². The van der Waals surface area contributed by atoms with Crippen molar-refractivity contribution < 1.29 is 23.9 Å². The van der Waals surface area contributed by atoms with Gasteiger partial charge in [0.2, 0.25) is 5.91 Å². The van der Waals surface area contributed by atoms with Gasteiger partial charge in [-0.1, -0.05) is 42.9 Å². The number of nitrogens with zero attached hydrogens (tertiary/aromatic N) is 1. The maximum atomic E-state index is 12.8. The van der Waals surface area contributed by atoms with Crippen LogP contribution in [-0.4, -0.2) is 42.4 Å². The van der Waals surface area contributed by atoms with Gasteiger partial charge in [0.1, 0.15) is 16.7 Å². The molecule has 0 radical (unpaired) electrons. The minimum absolute atomic E-state index is 0.0477. The molecule has 0 aromatic heterocycles. The van der Waals surface area contributed by atoms with Gasteiger partial charge in [-0.25, -0.2) is 0 Å². The van der Waals surface area contributed by atoms with Gasteiger partial charge >= 0.3 is 5.97 Å². The van der Waals surface area contributed by atoms with Crippen molar-refractivity contribution in [3.8, 4) is 5.75 Å². The van der Waals surface area contributed by atoms with E-state index in [1.54, 1.807) is 11.0 Å². The molecule has 160 valence electrons. The van der Waals surface area contributed by atoms with E-state index >= 15 is 0 Å². The summed E-state index contributed by atoms with van der Waals surface area (Å²) in [4.78, 5) is 38.1. The first-order valence-corrected chi connectivity index (χ1v) is 11.1. The Bertz CT molecular complexity index is 884. The number of carbonyl (C=O) groups is 3. The molecule has 0 saturated carbocycles. The number of hydrogen-bond donors (Lipinski definition) is 1. The Morgan fingerprint density at radius 1 is 1.27 bits per heavy atom. The third-order valence-corrected chi connectivity index (χ3v) is 6.00. The number of carbonyl (C=O) groups excluding carboxylic acids is 3. The van der Waals surface area contributed by atoms with Crippen molar-refractivity contribution in [2.24, 2.45) is 0 Å². The van der Waals surface area contributed by atoms with E-state index < -0.39 is 0 Å². The number of unbranched alkanes of at least 4 members (excludes halogenated alkanes) is 3. The van der Waals surface area contributed by atoms with Crippen molar-refractivity contribution in [2.75, 3.05) is 25.2 Å². The van der Waals surface area contributed by atoms with E-state index in [1.165, 1.54) is 18.9 Å². The largest absolute Gasteiger partial charge is 0.490 e. The second kappa shape index (κ2) is 10.6. The number of hydrogen-bond acceptors (Lipinski definition) is 7. The van der Waals surface area contributed by atoms with Crippen molar-refractivity contribution in [2.45, 2.75) is 38.5 Å². The second-order valence-corrected chi connectivity index (χ2v) is 8.68. The monoisotopic (exact) mass is 448 g/mol. The summed E-state index contributed by atoms with van der Waals surface area (Å²) in [6, 6.07) is 5.55. The van der Waals surface area contributed by atoms with Gasteiger partial charge in [0.05, 0.1) is 24.2 Å². The number of fused-ring (bicyclic) bond motifs is 1. The average molecular weight is 449 g/mol. The maximum Gasteiger partial charge on any atom is 0.305 e. The Morgan fingerprint density at radius 2 is 2.03 bits per heavy atom. The normalized spacial score (nSPS) is 16.8. The quantitative estimate of drug-likeness (QED) is 0.282. The minimum atomic E-state index is -0.209. The van der Waals surface area contributed by atoms with E-state index in [0.717, 1.165) is 36.9 Å². The lowest BCUT2D eigenvalue weighted by atomic mass is 10.1. The molecule has 3 rings (SSSR count). The Labute approximate surface area is 185 Å². The van der Waals surface area contributed by atoms with Crippen LogP contribution in [0.25, 0.3) is 6.08 Å². The van der Waals surface area contributed by atoms with Gasteiger partial charge in [0, 0.05) is 12.8 Å². The van der Waals surface area contributed by atoms with Crippen LogP contribution in [0.4, 0.5) is 5.69 Å². The highest BCUT2D eigenvalue weighted by molar-refractivity contribution is 8.26. The van der Waals surface area contributed by atoms with Crippen LogP contribution in [0.15, 0.2) is 23.1 Å². The molecule has 1 saturated heterocycles. The van der Waals surface area contributed by atoms with Crippen molar-refractivity contribution in [3.63, 3.8) is 0 Å². The number of methoxy groups -OCH3 is 1. The Hall–Kier alpha value is -2.39. The summed E-state index contributed by atoms with van der Waals surface area (Å²) in [5.41, 5.74) is 1.53. The van der Waals surface area contributed by atoms with E-state index in [-0.39, 0.29) is 17.8 Å². The number of ether oxygens (including phenoxy) is 2. The van der Waals surface area contributed by atoms with Crippen LogP contribution in [-0.2, 0) is 19.1 Å². The highest BCUT2D eigenvalue weighted by atomic mass is 32.2. The molecule has 1 fully saturated rings. The number of esters is 1.